The van der Waals surface area contributed by atoms with Crippen molar-refractivity contribution >= 4 is 45.9 Å². The fraction of sp³-hybridized carbons (Fsp3) is 0.160. The maximum atomic E-state index is 13.4. The summed E-state index contributed by atoms with van der Waals surface area (Å²) in [6, 6.07) is 18.4. The van der Waals surface area contributed by atoms with Crippen molar-refractivity contribution in [2.24, 2.45) is 0 Å². The number of fused-ring (bicyclic) bond motifs is 1. The summed E-state index contributed by atoms with van der Waals surface area (Å²) in [6.45, 7) is 5.89. The van der Waals surface area contributed by atoms with E-state index in [0.29, 0.717) is 26.8 Å². The van der Waals surface area contributed by atoms with Crippen LogP contribution in [0.1, 0.15) is 16.7 Å². The Balaban J connectivity index is 1.70. The molecule has 0 saturated heterocycles. The zero-order valence-electron chi connectivity index (χ0n) is 18.0. The molecule has 0 unspecified atom stereocenters. The number of nitrogens with one attached hydrogen (secondary N) is 1. The molecule has 1 aromatic heterocycles. The molecule has 0 aliphatic heterocycles. The van der Waals surface area contributed by atoms with E-state index in [4.69, 9.17) is 16.6 Å². The van der Waals surface area contributed by atoms with Crippen LogP contribution >= 0.6 is 23.4 Å². The predicted octanol–water partition coefficient (Wildman–Crippen LogP) is 5.70. The van der Waals surface area contributed by atoms with Crippen LogP contribution in [0.4, 0.5) is 5.69 Å². The number of rotatable bonds is 5. The molecule has 1 N–H and O–H groups in total. The standard InChI is InChI=1S/C25H22ClN3O2S/c1-15-11-12-18(13-16(15)2)27-23(30)14-32-25-28-21-9-5-4-7-19(21)24(31)29(25)22-10-6-8-20(26)17(22)3/h4-13H,14H2,1-3H3,(H,27,30). The Hall–Kier alpha value is -3.09. The molecule has 4 aromatic rings. The second-order valence-corrected chi connectivity index (χ2v) is 8.92. The molecule has 0 radical (unpaired) electrons. The van der Waals surface area contributed by atoms with Gasteiger partial charge in [0.1, 0.15) is 0 Å². The number of hydrogen-bond donors (Lipinski definition) is 1. The topological polar surface area (TPSA) is 64.0 Å². The van der Waals surface area contributed by atoms with Gasteiger partial charge in [0.15, 0.2) is 5.16 Å². The van der Waals surface area contributed by atoms with Gasteiger partial charge in [-0.15, -0.1) is 0 Å². The van der Waals surface area contributed by atoms with Gasteiger partial charge in [0.2, 0.25) is 5.91 Å². The summed E-state index contributed by atoms with van der Waals surface area (Å²) in [7, 11) is 0. The number of amides is 1. The molecule has 7 heteroatoms. The number of thioether (sulfide) groups is 1. The normalized spacial score (nSPS) is 11.0. The fourth-order valence-electron chi connectivity index (χ4n) is 3.41. The van der Waals surface area contributed by atoms with Gasteiger partial charge in [0.25, 0.3) is 5.56 Å². The van der Waals surface area contributed by atoms with E-state index in [1.165, 1.54) is 21.9 Å². The molecule has 5 nitrogen and oxygen atoms in total. The highest BCUT2D eigenvalue weighted by atomic mass is 35.5. The number of hydrogen-bond acceptors (Lipinski definition) is 4. The molecular weight excluding hydrogens is 442 g/mol. The molecule has 0 fully saturated rings. The number of benzene rings is 3. The smallest absolute Gasteiger partial charge is 0.266 e. The highest BCUT2D eigenvalue weighted by molar-refractivity contribution is 7.99. The van der Waals surface area contributed by atoms with E-state index in [1.54, 1.807) is 24.3 Å². The number of halogens is 1. The van der Waals surface area contributed by atoms with E-state index in [9.17, 15) is 9.59 Å². The summed E-state index contributed by atoms with van der Waals surface area (Å²) in [5, 5.41) is 4.43. The molecule has 1 heterocycles. The molecule has 0 atom stereocenters. The second kappa shape index (κ2) is 9.18. The van der Waals surface area contributed by atoms with Gasteiger partial charge in [-0.3, -0.25) is 14.2 Å². The van der Waals surface area contributed by atoms with E-state index in [1.807, 2.05) is 57.2 Å². The monoisotopic (exact) mass is 463 g/mol. The Kier molecular flexibility index (Phi) is 6.35. The van der Waals surface area contributed by atoms with Crippen LogP contribution in [-0.2, 0) is 4.79 Å². The van der Waals surface area contributed by atoms with Crippen molar-refractivity contribution in [3.05, 3.63) is 92.7 Å². The van der Waals surface area contributed by atoms with E-state index in [-0.39, 0.29) is 17.2 Å². The maximum Gasteiger partial charge on any atom is 0.266 e. The van der Waals surface area contributed by atoms with Crippen LogP contribution in [0.5, 0.6) is 0 Å². The lowest BCUT2D eigenvalue weighted by atomic mass is 10.1. The molecule has 1 amide bonds. The molecule has 0 aliphatic carbocycles. The van der Waals surface area contributed by atoms with Crippen molar-refractivity contribution in [1.82, 2.24) is 9.55 Å². The van der Waals surface area contributed by atoms with Crippen molar-refractivity contribution in [1.29, 1.82) is 0 Å². The number of anilines is 1. The number of carbonyl (C=O) groups excluding carboxylic acids is 1. The lowest BCUT2D eigenvalue weighted by molar-refractivity contribution is -0.113. The van der Waals surface area contributed by atoms with E-state index < -0.39 is 0 Å². The zero-order valence-corrected chi connectivity index (χ0v) is 19.6. The maximum absolute atomic E-state index is 13.4. The van der Waals surface area contributed by atoms with Gasteiger partial charge in [-0.1, -0.05) is 47.6 Å². The van der Waals surface area contributed by atoms with Crippen LogP contribution in [0.25, 0.3) is 16.6 Å². The molecule has 0 spiro atoms. The van der Waals surface area contributed by atoms with Crippen molar-refractivity contribution in [3.63, 3.8) is 0 Å². The molecule has 0 saturated carbocycles. The minimum atomic E-state index is -0.196. The van der Waals surface area contributed by atoms with E-state index in [2.05, 4.69) is 5.32 Å². The average molecular weight is 464 g/mol. The first-order valence-electron chi connectivity index (χ1n) is 10.1. The zero-order chi connectivity index (χ0) is 22.8. The third-order valence-corrected chi connectivity index (χ3v) is 6.70. The van der Waals surface area contributed by atoms with E-state index in [0.717, 1.165) is 16.8 Å². The average Bonchev–Trinajstić information content (AvgIpc) is 2.77. The van der Waals surface area contributed by atoms with Gasteiger partial charge in [0, 0.05) is 10.7 Å². The minimum absolute atomic E-state index is 0.108. The summed E-state index contributed by atoms with van der Waals surface area (Å²) in [5.41, 5.74) is 4.83. The highest BCUT2D eigenvalue weighted by Crippen LogP contribution is 2.26. The summed E-state index contributed by atoms with van der Waals surface area (Å²) in [4.78, 5) is 30.7. The number of aryl methyl sites for hydroxylation is 2. The predicted molar refractivity (Wildman–Crippen MR) is 132 cm³/mol. The van der Waals surface area contributed by atoms with Crippen LogP contribution in [0.3, 0.4) is 0 Å². The Labute approximate surface area is 195 Å². The molecular formula is C25H22ClN3O2S. The third kappa shape index (κ3) is 4.42. The highest BCUT2D eigenvalue weighted by Gasteiger charge is 2.17. The van der Waals surface area contributed by atoms with Crippen LogP contribution in [0.15, 0.2) is 70.6 Å². The largest absolute Gasteiger partial charge is 0.325 e. The summed E-state index contributed by atoms with van der Waals surface area (Å²) >= 11 is 7.54. The van der Waals surface area contributed by atoms with Crippen molar-refractivity contribution < 1.29 is 4.79 Å². The molecule has 4 rings (SSSR count). The van der Waals surface area contributed by atoms with Crippen molar-refractivity contribution in [3.8, 4) is 5.69 Å². The Morgan fingerprint density at radius 1 is 1.03 bits per heavy atom. The van der Waals surface area contributed by atoms with Gasteiger partial charge >= 0.3 is 0 Å². The van der Waals surface area contributed by atoms with Gasteiger partial charge in [-0.05, 0) is 73.9 Å². The second-order valence-electron chi connectivity index (χ2n) is 7.57. The van der Waals surface area contributed by atoms with E-state index >= 15 is 0 Å². The number of carbonyl (C=O) groups is 1. The van der Waals surface area contributed by atoms with Crippen molar-refractivity contribution in [2.75, 3.05) is 11.1 Å². The summed E-state index contributed by atoms with van der Waals surface area (Å²) in [6.07, 6.45) is 0. The Morgan fingerprint density at radius 2 is 1.81 bits per heavy atom. The Morgan fingerprint density at radius 3 is 2.59 bits per heavy atom. The molecule has 0 aliphatic rings. The summed E-state index contributed by atoms with van der Waals surface area (Å²) < 4.78 is 1.54. The van der Waals surface area contributed by atoms with Crippen LogP contribution < -0.4 is 10.9 Å². The summed E-state index contributed by atoms with van der Waals surface area (Å²) in [5.74, 6) is -0.0628. The number of para-hydroxylation sites is 1. The number of aromatic nitrogens is 2. The molecule has 3 aromatic carbocycles. The molecule has 32 heavy (non-hydrogen) atoms. The van der Waals surface area contributed by atoms with Gasteiger partial charge in [-0.2, -0.15) is 0 Å². The van der Waals surface area contributed by atoms with Crippen LogP contribution in [-0.4, -0.2) is 21.2 Å². The third-order valence-electron chi connectivity index (χ3n) is 5.35. The first-order valence-corrected chi connectivity index (χ1v) is 11.5. The number of nitrogens with zero attached hydrogens (tertiary/aromatic N) is 2. The van der Waals surface area contributed by atoms with Gasteiger partial charge in [-0.25, -0.2) is 4.98 Å². The van der Waals surface area contributed by atoms with Crippen LogP contribution in [0.2, 0.25) is 5.02 Å². The minimum Gasteiger partial charge on any atom is -0.325 e. The lowest BCUT2D eigenvalue weighted by Gasteiger charge is -2.16. The first-order chi connectivity index (χ1) is 15.3. The van der Waals surface area contributed by atoms with Gasteiger partial charge < -0.3 is 5.32 Å². The van der Waals surface area contributed by atoms with Gasteiger partial charge in [0.05, 0.1) is 22.3 Å². The van der Waals surface area contributed by atoms with Crippen LogP contribution in [0, 0.1) is 20.8 Å². The van der Waals surface area contributed by atoms with Crippen molar-refractivity contribution in [2.45, 2.75) is 25.9 Å². The first kappa shape index (κ1) is 22.1. The molecule has 162 valence electrons. The Bertz CT molecular complexity index is 1400. The fourth-order valence-corrected chi connectivity index (χ4v) is 4.38. The molecule has 0 bridgehead atoms. The quantitative estimate of drug-likeness (QED) is 0.305. The lowest BCUT2D eigenvalue weighted by Crippen LogP contribution is -2.23. The SMILES string of the molecule is Cc1ccc(NC(=O)CSc2nc3ccccc3c(=O)n2-c2cccc(Cl)c2C)cc1C.